The van der Waals surface area contributed by atoms with Crippen molar-refractivity contribution in [2.75, 3.05) is 0 Å². The van der Waals surface area contributed by atoms with Gasteiger partial charge in [-0.1, -0.05) is 50.1 Å². The monoisotopic (exact) mass is 455 g/mol. The van der Waals surface area contributed by atoms with Crippen LogP contribution in [0.1, 0.15) is 5.69 Å². The summed E-state index contributed by atoms with van der Waals surface area (Å²) in [4.78, 5) is 11.7. The topological polar surface area (TPSA) is 44.5 Å². The van der Waals surface area contributed by atoms with Crippen molar-refractivity contribution in [1.29, 1.82) is 0 Å². The third kappa shape index (κ3) is 3.10. The second kappa shape index (κ2) is 6.65. The Morgan fingerprint density at radius 2 is 1.80 bits per heavy atom. The molecule has 0 radical (unpaired) electrons. The highest BCUT2D eigenvalue weighted by atomic mass is 79.9. The number of imidazole rings is 1. The Bertz CT molecular complexity index is 1060. The van der Waals surface area contributed by atoms with Crippen LogP contribution in [0.2, 0.25) is 0 Å². The number of allylic oxidation sites excluding steroid dienone is 1. The fraction of sp³-hybridized carbons (Fsp3) is 0.0500. The van der Waals surface area contributed by atoms with E-state index in [9.17, 15) is 0 Å². The zero-order chi connectivity index (χ0) is 17.4. The number of aromatic amines is 2. The molecular formula is C20H15Br2N3. The summed E-state index contributed by atoms with van der Waals surface area (Å²) in [5, 5.41) is 1.13. The molecule has 0 bridgehead atoms. The summed E-state index contributed by atoms with van der Waals surface area (Å²) < 4.78 is 2.10. The molecule has 0 fully saturated rings. The highest BCUT2D eigenvalue weighted by Crippen LogP contribution is 2.32. The molecule has 3 nitrogen and oxygen atoms in total. The van der Waals surface area contributed by atoms with E-state index in [2.05, 4.69) is 72.7 Å². The normalized spacial score (nSPS) is 11.1. The fourth-order valence-corrected chi connectivity index (χ4v) is 3.59. The Labute approximate surface area is 162 Å². The van der Waals surface area contributed by atoms with Crippen molar-refractivity contribution in [2.24, 2.45) is 0 Å². The lowest BCUT2D eigenvalue weighted by atomic mass is 10.1. The highest BCUT2D eigenvalue weighted by Gasteiger charge is 2.15. The molecule has 0 atom stereocenters. The van der Waals surface area contributed by atoms with Crippen LogP contribution in [-0.2, 0) is 6.42 Å². The van der Waals surface area contributed by atoms with Crippen molar-refractivity contribution in [3.8, 4) is 22.6 Å². The van der Waals surface area contributed by atoms with Crippen LogP contribution in [0, 0.1) is 0 Å². The molecule has 4 aromatic rings. The second-order valence-corrected chi connectivity index (χ2v) is 7.64. The van der Waals surface area contributed by atoms with E-state index in [0.717, 1.165) is 54.6 Å². The number of benzene rings is 2. The first-order valence-electron chi connectivity index (χ1n) is 7.88. The number of aromatic nitrogens is 3. The van der Waals surface area contributed by atoms with Crippen molar-refractivity contribution in [1.82, 2.24) is 15.0 Å². The largest absolute Gasteiger partial charge is 0.360 e. The molecule has 2 aromatic heterocycles. The van der Waals surface area contributed by atoms with Crippen molar-refractivity contribution in [3.05, 3.63) is 76.0 Å². The van der Waals surface area contributed by atoms with Gasteiger partial charge in [-0.05, 0) is 30.3 Å². The molecule has 0 aliphatic rings. The Hall–Kier alpha value is -2.11. The number of fused-ring (bicyclic) bond motifs is 1. The van der Waals surface area contributed by atoms with Gasteiger partial charge in [-0.15, -0.1) is 6.58 Å². The lowest BCUT2D eigenvalue weighted by Crippen LogP contribution is -1.86. The van der Waals surface area contributed by atoms with E-state index in [1.54, 1.807) is 0 Å². The van der Waals surface area contributed by atoms with Gasteiger partial charge in [0.1, 0.15) is 5.82 Å². The van der Waals surface area contributed by atoms with Crippen LogP contribution in [0.5, 0.6) is 0 Å². The third-order valence-corrected chi connectivity index (χ3v) is 5.17. The number of rotatable bonds is 4. The average Bonchev–Trinajstić information content (AvgIpc) is 3.19. The van der Waals surface area contributed by atoms with Crippen LogP contribution < -0.4 is 0 Å². The van der Waals surface area contributed by atoms with Gasteiger partial charge >= 0.3 is 0 Å². The SMILES string of the molecule is C=CCc1[nH]c(-c2c[nH]c3ccc(Br)cc23)nc1-c1ccc(Br)cc1. The summed E-state index contributed by atoms with van der Waals surface area (Å²) >= 11 is 7.03. The van der Waals surface area contributed by atoms with E-state index in [1.165, 1.54) is 0 Å². The smallest absolute Gasteiger partial charge is 0.140 e. The first-order valence-corrected chi connectivity index (χ1v) is 9.47. The summed E-state index contributed by atoms with van der Waals surface area (Å²) in [6, 6.07) is 14.4. The van der Waals surface area contributed by atoms with Crippen LogP contribution in [0.15, 0.2) is 70.3 Å². The van der Waals surface area contributed by atoms with Crippen molar-refractivity contribution < 1.29 is 0 Å². The molecule has 2 heterocycles. The zero-order valence-corrected chi connectivity index (χ0v) is 16.5. The van der Waals surface area contributed by atoms with Gasteiger partial charge in [0.05, 0.1) is 5.69 Å². The van der Waals surface area contributed by atoms with Gasteiger partial charge in [0, 0.05) is 49.3 Å². The maximum Gasteiger partial charge on any atom is 0.140 e. The van der Waals surface area contributed by atoms with Gasteiger partial charge in [0.2, 0.25) is 0 Å². The van der Waals surface area contributed by atoms with Crippen molar-refractivity contribution in [3.63, 3.8) is 0 Å². The Balaban J connectivity index is 1.87. The molecule has 0 saturated heterocycles. The van der Waals surface area contributed by atoms with Gasteiger partial charge in [0.25, 0.3) is 0 Å². The summed E-state index contributed by atoms with van der Waals surface area (Å²) in [5.74, 6) is 0.860. The summed E-state index contributed by atoms with van der Waals surface area (Å²) in [6.45, 7) is 3.87. The first-order chi connectivity index (χ1) is 12.2. The molecule has 4 rings (SSSR count). The maximum atomic E-state index is 4.90. The Kier molecular flexibility index (Phi) is 4.36. The molecule has 0 saturated carbocycles. The fourth-order valence-electron chi connectivity index (χ4n) is 2.96. The minimum atomic E-state index is 0.741. The van der Waals surface area contributed by atoms with Crippen LogP contribution in [0.3, 0.4) is 0 Å². The number of hydrogen-bond donors (Lipinski definition) is 2. The molecule has 0 aliphatic carbocycles. The lowest BCUT2D eigenvalue weighted by molar-refractivity contribution is 1.16. The van der Waals surface area contributed by atoms with E-state index < -0.39 is 0 Å². The van der Waals surface area contributed by atoms with E-state index >= 15 is 0 Å². The summed E-state index contributed by atoms with van der Waals surface area (Å²) in [5.41, 5.74) is 5.27. The second-order valence-electron chi connectivity index (χ2n) is 5.80. The van der Waals surface area contributed by atoms with Crippen LogP contribution in [0.25, 0.3) is 33.5 Å². The molecule has 5 heteroatoms. The number of nitrogens with zero attached hydrogens (tertiary/aromatic N) is 1. The predicted octanol–water partition coefficient (Wildman–Crippen LogP) is 6.48. The van der Waals surface area contributed by atoms with Crippen LogP contribution >= 0.6 is 31.9 Å². The molecular weight excluding hydrogens is 442 g/mol. The molecule has 0 spiro atoms. The highest BCUT2D eigenvalue weighted by molar-refractivity contribution is 9.10. The summed E-state index contributed by atoms with van der Waals surface area (Å²) in [7, 11) is 0. The Morgan fingerprint density at radius 3 is 2.56 bits per heavy atom. The van der Waals surface area contributed by atoms with Gasteiger partial charge in [0.15, 0.2) is 0 Å². The van der Waals surface area contributed by atoms with Crippen molar-refractivity contribution >= 4 is 42.8 Å². The van der Waals surface area contributed by atoms with Gasteiger partial charge < -0.3 is 9.97 Å². The van der Waals surface area contributed by atoms with Gasteiger partial charge in [-0.3, -0.25) is 0 Å². The molecule has 0 unspecified atom stereocenters. The molecule has 124 valence electrons. The van der Waals surface area contributed by atoms with Gasteiger partial charge in [-0.2, -0.15) is 0 Å². The third-order valence-electron chi connectivity index (χ3n) is 4.14. The zero-order valence-electron chi connectivity index (χ0n) is 13.3. The maximum absolute atomic E-state index is 4.90. The number of H-pyrrole nitrogens is 2. The number of halogens is 2. The van der Waals surface area contributed by atoms with E-state index in [0.29, 0.717) is 0 Å². The predicted molar refractivity (Wildman–Crippen MR) is 111 cm³/mol. The van der Waals surface area contributed by atoms with E-state index in [-0.39, 0.29) is 0 Å². The summed E-state index contributed by atoms with van der Waals surface area (Å²) in [6.07, 6.45) is 4.63. The van der Waals surface area contributed by atoms with E-state index in [4.69, 9.17) is 4.98 Å². The number of hydrogen-bond acceptors (Lipinski definition) is 1. The van der Waals surface area contributed by atoms with Gasteiger partial charge in [-0.25, -0.2) is 4.98 Å². The quantitative estimate of drug-likeness (QED) is 0.339. The van der Waals surface area contributed by atoms with Crippen LogP contribution in [-0.4, -0.2) is 15.0 Å². The minimum Gasteiger partial charge on any atom is -0.360 e. The Morgan fingerprint density at radius 1 is 1.04 bits per heavy atom. The average molecular weight is 457 g/mol. The minimum absolute atomic E-state index is 0.741. The standard InChI is InChI=1S/C20H15Br2N3/c1-2-3-18-19(12-4-6-13(21)7-5-12)25-20(24-18)16-11-23-17-9-8-14(22)10-15(16)17/h2,4-11,23H,1,3H2,(H,24,25). The first kappa shape index (κ1) is 16.4. The lowest BCUT2D eigenvalue weighted by Gasteiger charge is -2.00. The molecule has 0 amide bonds. The van der Waals surface area contributed by atoms with E-state index in [1.807, 2.05) is 30.5 Å². The van der Waals surface area contributed by atoms with Crippen molar-refractivity contribution in [2.45, 2.75) is 6.42 Å². The number of nitrogens with one attached hydrogen (secondary N) is 2. The molecule has 0 aliphatic heterocycles. The van der Waals surface area contributed by atoms with Crippen LogP contribution in [0.4, 0.5) is 0 Å². The molecule has 2 N–H and O–H groups in total. The molecule has 25 heavy (non-hydrogen) atoms. The molecule has 2 aromatic carbocycles.